The monoisotopic (exact) mass is 504 g/mol. The number of aliphatic imine (C=N–C) groups is 1. The summed E-state index contributed by atoms with van der Waals surface area (Å²) >= 11 is 1.34. The molecule has 0 aliphatic carbocycles. The Balaban J connectivity index is 1.65. The molecule has 0 bridgehead atoms. The first kappa shape index (κ1) is 25.1. The van der Waals surface area contributed by atoms with Gasteiger partial charge in [-0.3, -0.25) is 15.1 Å². The maximum Gasteiger partial charge on any atom is 0.413 e. The van der Waals surface area contributed by atoms with Gasteiger partial charge in [-0.15, -0.1) is 0 Å². The van der Waals surface area contributed by atoms with Gasteiger partial charge < -0.3 is 14.8 Å². The van der Waals surface area contributed by atoms with Crippen LogP contribution in [0.1, 0.15) is 43.2 Å². The van der Waals surface area contributed by atoms with Gasteiger partial charge in [0.1, 0.15) is 22.9 Å². The Kier molecular flexibility index (Phi) is 7.09. The van der Waals surface area contributed by atoms with E-state index < -0.39 is 34.8 Å². The van der Waals surface area contributed by atoms with Crippen LogP contribution in [0.2, 0.25) is 0 Å². The van der Waals surface area contributed by atoms with Gasteiger partial charge in [0, 0.05) is 35.9 Å². The number of carbonyl (C=O) groups is 2. The van der Waals surface area contributed by atoms with Crippen molar-refractivity contribution >= 4 is 34.6 Å². The zero-order valence-corrected chi connectivity index (χ0v) is 20.4. The van der Waals surface area contributed by atoms with Crippen molar-refractivity contribution in [2.75, 3.05) is 24.3 Å². The van der Waals surface area contributed by atoms with Crippen molar-refractivity contribution in [2.24, 2.45) is 10.9 Å². The third kappa shape index (κ3) is 5.79. The first-order valence-electron chi connectivity index (χ1n) is 11.1. The van der Waals surface area contributed by atoms with E-state index in [1.165, 1.54) is 30.0 Å². The lowest BCUT2D eigenvalue weighted by molar-refractivity contribution is 0.00869. The fraction of sp³-hybridized carbons (Fsp3) is 0.417. The van der Waals surface area contributed by atoms with E-state index in [2.05, 4.69) is 15.6 Å². The molecule has 186 valence electrons. The number of benzene rings is 1. The van der Waals surface area contributed by atoms with Crippen molar-refractivity contribution < 1.29 is 27.8 Å². The van der Waals surface area contributed by atoms with Crippen LogP contribution in [0.5, 0.6) is 0 Å². The minimum absolute atomic E-state index is 0.0234. The van der Waals surface area contributed by atoms with Crippen LogP contribution in [-0.4, -0.2) is 46.7 Å². The van der Waals surface area contributed by atoms with Crippen molar-refractivity contribution in [2.45, 2.75) is 38.3 Å². The lowest BCUT2D eigenvalue weighted by Gasteiger charge is -2.44. The van der Waals surface area contributed by atoms with Crippen molar-refractivity contribution in [1.29, 1.82) is 0 Å². The Morgan fingerprint density at radius 2 is 2.00 bits per heavy atom. The Labute approximate surface area is 205 Å². The predicted molar refractivity (Wildman–Crippen MR) is 128 cm³/mol. The Hall–Kier alpha value is -3.05. The minimum atomic E-state index is -0.993. The minimum Gasteiger partial charge on any atom is -0.444 e. The molecule has 2 aliphatic heterocycles. The molecule has 11 heteroatoms. The Morgan fingerprint density at radius 3 is 2.71 bits per heavy atom. The average molecular weight is 505 g/mol. The predicted octanol–water partition coefficient (Wildman–Crippen LogP) is 4.47. The largest absolute Gasteiger partial charge is 0.444 e. The summed E-state index contributed by atoms with van der Waals surface area (Å²) in [5.74, 6) is -1.20. The van der Waals surface area contributed by atoms with E-state index in [0.29, 0.717) is 41.8 Å². The number of nitrogens with one attached hydrogen (secondary N) is 2. The summed E-state index contributed by atoms with van der Waals surface area (Å²) in [5, 5.41) is 5.69. The molecule has 4 rings (SSSR count). The van der Waals surface area contributed by atoms with Gasteiger partial charge in [0.15, 0.2) is 5.17 Å². The highest BCUT2D eigenvalue weighted by atomic mass is 32.2. The van der Waals surface area contributed by atoms with Gasteiger partial charge in [0.2, 0.25) is 0 Å². The molecule has 1 aromatic carbocycles. The molecule has 2 aromatic rings. The average Bonchev–Trinajstić information content (AvgIpc) is 2.79. The van der Waals surface area contributed by atoms with Crippen molar-refractivity contribution in [1.82, 2.24) is 10.3 Å². The number of carbonyl (C=O) groups excluding carboxylic acids is 2. The third-order valence-corrected chi connectivity index (χ3v) is 6.64. The van der Waals surface area contributed by atoms with Crippen LogP contribution in [0.15, 0.2) is 41.5 Å². The number of anilines is 1. The molecule has 1 aromatic heterocycles. The summed E-state index contributed by atoms with van der Waals surface area (Å²) in [6.45, 7) is 6.02. The number of nitrogens with zero attached hydrogens (tertiary/aromatic N) is 2. The van der Waals surface area contributed by atoms with Gasteiger partial charge in [0.25, 0.3) is 5.91 Å². The number of halogens is 2. The van der Waals surface area contributed by atoms with Crippen LogP contribution < -0.4 is 10.6 Å². The summed E-state index contributed by atoms with van der Waals surface area (Å²) in [6, 6.07) is 6.64. The van der Waals surface area contributed by atoms with Crippen molar-refractivity contribution in [3.8, 4) is 0 Å². The normalized spacial score (nSPS) is 22.0. The van der Waals surface area contributed by atoms with E-state index in [0.717, 1.165) is 12.3 Å². The summed E-state index contributed by atoms with van der Waals surface area (Å²) in [4.78, 5) is 33.5. The number of aromatic nitrogens is 1. The van der Waals surface area contributed by atoms with E-state index in [1.54, 1.807) is 26.8 Å². The van der Waals surface area contributed by atoms with Crippen molar-refractivity contribution in [3.05, 3.63) is 59.4 Å². The molecule has 2 N–H and O–H groups in total. The topological polar surface area (TPSA) is 102 Å². The van der Waals surface area contributed by atoms with E-state index in [9.17, 15) is 14.0 Å². The lowest BCUT2D eigenvalue weighted by atomic mass is 9.75. The number of amidine groups is 1. The van der Waals surface area contributed by atoms with Crippen LogP contribution in [0.3, 0.4) is 0 Å². The summed E-state index contributed by atoms with van der Waals surface area (Å²) in [7, 11) is 0. The van der Waals surface area contributed by atoms with Crippen LogP contribution in [0.25, 0.3) is 0 Å². The molecular formula is C24H26F2N4O4S. The van der Waals surface area contributed by atoms with Crippen LogP contribution in [0, 0.1) is 17.6 Å². The highest BCUT2D eigenvalue weighted by molar-refractivity contribution is 8.13. The second kappa shape index (κ2) is 9.90. The number of pyridine rings is 1. The first-order chi connectivity index (χ1) is 16.6. The summed E-state index contributed by atoms with van der Waals surface area (Å²) in [6.07, 6.45) is 0.702. The molecule has 8 nitrogen and oxygen atoms in total. The second-order valence-corrected chi connectivity index (χ2v) is 10.3. The molecule has 35 heavy (non-hydrogen) atoms. The highest BCUT2D eigenvalue weighted by Gasteiger charge is 2.47. The number of rotatable bonds is 3. The van der Waals surface area contributed by atoms with Gasteiger partial charge in [0.05, 0.1) is 18.3 Å². The standard InChI is InChI=1S/C24H26F2N4O4S/c1-23(2,3)34-22(32)29-21-30-24(8-9-33-12-14(24)13-35-21)17-10-16(5-6-18(17)26)28-20(31)19-7-4-15(25)11-27-19/h4-7,10-11,14H,8-9,12-13H2,1-3H3,(H,28,31)(H,29,30,32)/t14?,24-/m0/s1. The Bertz CT molecular complexity index is 1150. The number of thioether (sulfide) groups is 1. The Morgan fingerprint density at radius 1 is 1.20 bits per heavy atom. The number of ether oxygens (including phenoxy) is 2. The second-order valence-electron chi connectivity index (χ2n) is 9.31. The van der Waals surface area contributed by atoms with Gasteiger partial charge in [-0.25, -0.2) is 18.6 Å². The number of hydrogen-bond donors (Lipinski definition) is 2. The van der Waals surface area contributed by atoms with Crippen LogP contribution >= 0.6 is 11.8 Å². The number of amides is 2. The van der Waals surface area contributed by atoms with Crippen LogP contribution in [0.4, 0.5) is 19.3 Å². The quantitative estimate of drug-likeness (QED) is 0.640. The fourth-order valence-electron chi connectivity index (χ4n) is 4.03. The number of alkyl carbamates (subject to hydrolysis) is 1. The molecule has 0 spiro atoms. The molecule has 1 saturated heterocycles. The molecule has 2 amide bonds. The summed E-state index contributed by atoms with van der Waals surface area (Å²) < 4.78 is 39.4. The third-order valence-electron chi connectivity index (χ3n) is 5.60. The molecular weight excluding hydrogens is 478 g/mol. The molecule has 0 saturated carbocycles. The summed E-state index contributed by atoms with van der Waals surface area (Å²) in [5.41, 5.74) is -1.02. The van der Waals surface area contributed by atoms with E-state index >= 15 is 4.39 Å². The van der Waals surface area contributed by atoms with E-state index in [4.69, 9.17) is 14.5 Å². The molecule has 0 radical (unpaired) electrons. The molecule has 2 aliphatic rings. The maximum atomic E-state index is 15.2. The highest BCUT2D eigenvalue weighted by Crippen LogP contribution is 2.46. The van der Waals surface area contributed by atoms with Gasteiger partial charge in [-0.2, -0.15) is 0 Å². The fourth-order valence-corrected chi connectivity index (χ4v) is 5.15. The molecule has 1 unspecified atom stereocenters. The van der Waals surface area contributed by atoms with Gasteiger partial charge >= 0.3 is 6.09 Å². The van der Waals surface area contributed by atoms with E-state index in [1.807, 2.05) is 0 Å². The molecule has 2 atom stereocenters. The first-order valence-corrected chi connectivity index (χ1v) is 12.1. The van der Waals surface area contributed by atoms with Gasteiger partial charge in [-0.05, 0) is 51.1 Å². The maximum absolute atomic E-state index is 15.2. The number of hydrogen-bond acceptors (Lipinski definition) is 7. The smallest absolute Gasteiger partial charge is 0.413 e. The van der Waals surface area contributed by atoms with E-state index in [-0.39, 0.29) is 11.6 Å². The van der Waals surface area contributed by atoms with Gasteiger partial charge in [-0.1, -0.05) is 11.8 Å². The zero-order valence-electron chi connectivity index (χ0n) is 19.6. The van der Waals surface area contributed by atoms with Crippen molar-refractivity contribution in [3.63, 3.8) is 0 Å². The number of fused-ring (bicyclic) bond motifs is 1. The lowest BCUT2D eigenvalue weighted by Crippen LogP contribution is -2.48. The molecule has 3 heterocycles. The zero-order chi connectivity index (χ0) is 25.2. The molecule has 1 fully saturated rings. The van der Waals surface area contributed by atoms with Crippen LogP contribution in [-0.2, 0) is 15.0 Å². The SMILES string of the molecule is CC(C)(C)OC(=O)NC1=N[C@@]2(c3cc(NC(=O)c4ccc(F)cn4)ccc3F)CCOCC2CS1.